The molecular weight excluding hydrogens is 334 g/mol. The molecule has 0 radical (unpaired) electrons. The molecule has 2 aromatic carbocycles. The van der Waals surface area contributed by atoms with Gasteiger partial charge in [0.2, 0.25) is 0 Å². The molecule has 0 aliphatic carbocycles. The standard InChI is InChI=1S/C16H15NO2S3/c1-16-10-22(18,19)9-14(16)21-15(20)17(16)13-7-6-11-4-2-3-5-12(11)8-13/h2-8,14H,9-10H2,1H3/t14-,16+/m1/s1. The Labute approximate surface area is 139 Å². The first kappa shape index (κ1) is 14.5. The highest BCUT2D eigenvalue weighted by Gasteiger charge is 2.57. The Bertz CT molecular complexity index is 893. The maximum Gasteiger partial charge on any atom is 0.153 e. The van der Waals surface area contributed by atoms with Crippen molar-refractivity contribution in [2.45, 2.75) is 17.7 Å². The number of hydrogen-bond donors (Lipinski definition) is 0. The molecule has 0 spiro atoms. The van der Waals surface area contributed by atoms with E-state index in [2.05, 4.69) is 29.2 Å². The Balaban J connectivity index is 1.84. The van der Waals surface area contributed by atoms with Gasteiger partial charge in [-0.05, 0) is 29.8 Å². The van der Waals surface area contributed by atoms with Crippen LogP contribution in [0.1, 0.15) is 6.92 Å². The highest BCUT2D eigenvalue weighted by Crippen LogP contribution is 2.48. The van der Waals surface area contributed by atoms with Gasteiger partial charge in [-0.3, -0.25) is 0 Å². The largest absolute Gasteiger partial charge is 0.319 e. The summed E-state index contributed by atoms with van der Waals surface area (Å²) in [6.07, 6.45) is 0. The first-order chi connectivity index (χ1) is 10.4. The third-order valence-electron chi connectivity index (χ3n) is 4.54. The third-order valence-corrected chi connectivity index (χ3v) is 8.43. The molecule has 22 heavy (non-hydrogen) atoms. The molecule has 0 aromatic heterocycles. The molecule has 0 saturated carbocycles. The fourth-order valence-corrected chi connectivity index (χ4v) is 8.40. The van der Waals surface area contributed by atoms with E-state index in [4.69, 9.17) is 12.2 Å². The summed E-state index contributed by atoms with van der Waals surface area (Å²) in [5.41, 5.74) is 0.543. The van der Waals surface area contributed by atoms with E-state index in [1.54, 1.807) is 0 Å². The maximum atomic E-state index is 12.1. The van der Waals surface area contributed by atoms with Gasteiger partial charge in [-0.15, -0.1) is 0 Å². The second kappa shape index (κ2) is 4.69. The molecule has 2 saturated heterocycles. The quantitative estimate of drug-likeness (QED) is 0.739. The molecule has 2 aliphatic heterocycles. The van der Waals surface area contributed by atoms with Crippen LogP contribution in [0, 0.1) is 0 Å². The third kappa shape index (κ3) is 2.08. The van der Waals surface area contributed by atoms with Gasteiger partial charge in [-0.1, -0.05) is 54.3 Å². The van der Waals surface area contributed by atoms with Gasteiger partial charge in [-0.25, -0.2) is 8.42 Å². The van der Waals surface area contributed by atoms with Gasteiger partial charge >= 0.3 is 0 Å². The number of thioether (sulfide) groups is 1. The van der Waals surface area contributed by atoms with Gasteiger partial charge in [0.05, 0.1) is 22.3 Å². The van der Waals surface area contributed by atoms with Crippen molar-refractivity contribution < 1.29 is 8.42 Å². The lowest BCUT2D eigenvalue weighted by molar-refractivity contribution is 0.550. The molecule has 2 fully saturated rings. The summed E-state index contributed by atoms with van der Waals surface area (Å²) in [5, 5.41) is 2.34. The van der Waals surface area contributed by atoms with Crippen molar-refractivity contribution in [1.82, 2.24) is 0 Å². The van der Waals surface area contributed by atoms with Crippen LogP contribution in [0.2, 0.25) is 0 Å². The predicted molar refractivity (Wildman–Crippen MR) is 97.5 cm³/mol. The minimum absolute atomic E-state index is 0.0245. The number of fused-ring (bicyclic) bond motifs is 2. The average Bonchev–Trinajstić information content (AvgIpc) is 2.81. The summed E-state index contributed by atoms with van der Waals surface area (Å²) in [6, 6.07) is 14.4. The number of hydrogen-bond acceptors (Lipinski definition) is 4. The molecule has 4 rings (SSSR count). The van der Waals surface area contributed by atoms with Crippen molar-refractivity contribution in [2.24, 2.45) is 0 Å². The van der Waals surface area contributed by atoms with Crippen molar-refractivity contribution in [2.75, 3.05) is 16.4 Å². The van der Waals surface area contributed by atoms with Crippen LogP contribution in [0.4, 0.5) is 5.69 Å². The van der Waals surface area contributed by atoms with Crippen LogP contribution in [0.15, 0.2) is 42.5 Å². The Hall–Kier alpha value is -1.11. The van der Waals surface area contributed by atoms with Crippen molar-refractivity contribution in [1.29, 1.82) is 0 Å². The minimum atomic E-state index is -2.99. The average molecular weight is 350 g/mol. The van der Waals surface area contributed by atoms with Gasteiger partial charge in [0.15, 0.2) is 9.84 Å². The molecule has 0 amide bonds. The SMILES string of the molecule is C[C@]12CS(=O)(=O)C[C@H]1SC(=S)N2c1ccc2ccccc2c1. The van der Waals surface area contributed by atoms with E-state index in [9.17, 15) is 8.42 Å². The lowest BCUT2D eigenvalue weighted by Crippen LogP contribution is -2.49. The van der Waals surface area contributed by atoms with E-state index in [0.29, 0.717) is 0 Å². The normalized spacial score (nSPS) is 30.0. The molecule has 2 heterocycles. The van der Waals surface area contributed by atoms with Crippen molar-refractivity contribution in [3.05, 3.63) is 42.5 Å². The smallest absolute Gasteiger partial charge is 0.153 e. The van der Waals surface area contributed by atoms with Crippen molar-refractivity contribution in [3.63, 3.8) is 0 Å². The van der Waals surface area contributed by atoms with E-state index in [1.807, 2.05) is 25.1 Å². The first-order valence-corrected chi connectivity index (χ1v) is 10.2. The highest BCUT2D eigenvalue weighted by molar-refractivity contribution is 8.24. The molecule has 114 valence electrons. The van der Waals surface area contributed by atoms with Gasteiger partial charge in [0, 0.05) is 5.69 Å². The summed E-state index contributed by atoms with van der Waals surface area (Å²) in [4.78, 5) is 2.05. The fraction of sp³-hybridized carbons (Fsp3) is 0.312. The minimum Gasteiger partial charge on any atom is -0.319 e. The lowest BCUT2D eigenvalue weighted by atomic mass is 9.98. The number of anilines is 1. The van der Waals surface area contributed by atoms with Gasteiger partial charge < -0.3 is 4.90 Å². The van der Waals surface area contributed by atoms with E-state index in [0.717, 1.165) is 15.4 Å². The molecule has 6 heteroatoms. The van der Waals surface area contributed by atoms with Gasteiger partial charge in [-0.2, -0.15) is 0 Å². The van der Waals surface area contributed by atoms with Crippen LogP contribution in [-0.4, -0.2) is 35.0 Å². The van der Waals surface area contributed by atoms with E-state index < -0.39 is 15.4 Å². The second-order valence-electron chi connectivity index (χ2n) is 6.15. The summed E-state index contributed by atoms with van der Waals surface area (Å²) >= 11 is 7.06. The zero-order valence-corrected chi connectivity index (χ0v) is 14.5. The van der Waals surface area contributed by atoms with Crippen LogP contribution in [-0.2, 0) is 9.84 Å². The zero-order valence-electron chi connectivity index (χ0n) is 12.0. The van der Waals surface area contributed by atoms with Crippen LogP contribution < -0.4 is 4.90 Å². The topological polar surface area (TPSA) is 37.4 Å². The summed E-state index contributed by atoms with van der Waals surface area (Å²) in [5.74, 6) is 0.392. The Morgan fingerprint density at radius 3 is 2.73 bits per heavy atom. The molecule has 2 atom stereocenters. The molecular formula is C16H15NO2S3. The molecule has 0 N–H and O–H groups in total. The van der Waals surface area contributed by atoms with E-state index in [1.165, 1.54) is 17.1 Å². The zero-order chi connectivity index (χ0) is 15.5. The Morgan fingerprint density at radius 2 is 1.95 bits per heavy atom. The molecule has 2 aromatic rings. The van der Waals surface area contributed by atoms with Crippen LogP contribution in [0.25, 0.3) is 10.8 Å². The van der Waals surface area contributed by atoms with E-state index in [-0.39, 0.29) is 16.8 Å². The fourth-order valence-electron chi connectivity index (χ4n) is 3.48. The second-order valence-corrected chi connectivity index (χ2v) is 10.1. The lowest BCUT2D eigenvalue weighted by Gasteiger charge is -2.34. The number of thiocarbonyl (C=S) groups is 1. The Morgan fingerprint density at radius 1 is 1.23 bits per heavy atom. The first-order valence-electron chi connectivity index (χ1n) is 7.09. The number of rotatable bonds is 1. The molecule has 0 unspecified atom stereocenters. The van der Waals surface area contributed by atoms with Crippen molar-refractivity contribution >= 4 is 54.6 Å². The van der Waals surface area contributed by atoms with Gasteiger partial charge in [0.25, 0.3) is 0 Å². The van der Waals surface area contributed by atoms with Crippen LogP contribution in [0.5, 0.6) is 0 Å². The predicted octanol–water partition coefficient (Wildman–Crippen LogP) is 3.23. The Kier molecular flexibility index (Phi) is 3.09. The van der Waals surface area contributed by atoms with Crippen molar-refractivity contribution in [3.8, 4) is 0 Å². The summed E-state index contributed by atoms with van der Waals surface area (Å²) in [7, 11) is -2.99. The monoisotopic (exact) mass is 349 g/mol. The maximum absolute atomic E-state index is 12.1. The van der Waals surface area contributed by atoms with Crippen LogP contribution in [0.3, 0.4) is 0 Å². The highest BCUT2D eigenvalue weighted by atomic mass is 32.2. The van der Waals surface area contributed by atoms with Crippen LogP contribution >= 0.6 is 24.0 Å². The summed E-state index contributed by atoms with van der Waals surface area (Å²) < 4.78 is 24.9. The number of benzene rings is 2. The molecule has 3 nitrogen and oxygen atoms in total. The molecule has 2 aliphatic rings. The van der Waals surface area contributed by atoms with E-state index >= 15 is 0 Å². The number of nitrogens with zero attached hydrogens (tertiary/aromatic N) is 1. The number of sulfone groups is 1. The molecule has 0 bridgehead atoms. The summed E-state index contributed by atoms with van der Waals surface area (Å²) in [6.45, 7) is 2.02. The van der Waals surface area contributed by atoms with Gasteiger partial charge in [0.1, 0.15) is 4.32 Å².